The van der Waals surface area contributed by atoms with Crippen LogP contribution >= 0.6 is 0 Å². The summed E-state index contributed by atoms with van der Waals surface area (Å²) in [6.45, 7) is 6.59. The number of rotatable bonds is 5. The fourth-order valence-corrected chi connectivity index (χ4v) is 1.43. The number of hydrogen-bond acceptors (Lipinski definition) is 2. The van der Waals surface area contributed by atoms with Crippen molar-refractivity contribution >= 4 is 5.91 Å². The third-order valence-electron chi connectivity index (χ3n) is 2.79. The molecule has 1 aromatic rings. The molecule has 0 saturated carbocycles. The summed E-state index contributed by atoms with van der Waals surface area (Å²) in [6, 6.07) is 8.61. The van der Waals surface area contributed by atoms with E-state index >= 15 is 0 Å². The molecule has 3 heteroatoms. The highest BCUT2D eigenvalue weighted by Gasteiger charge is 2.10. The Morgan fingerprint density at radius 3 is 2.38 bits per heavy atom. The molecular formula is C13H20N2O. The molecule has 88 valence electrons. The minimum absolute atomic E-state index is 0.132. The Morgan fingerprint density at radius 2 is 1.88 bits per heavy atom. The Labute approximate surface area is 97.0 Å². The van der Waals surface area contributed by atoms with Gasteiger partial charge >= 0.3 is 0 Å². The van der Waals surface area contributed by atoms with Crippen molar-refractivity contribution in [2.24, 2.45) is 11.7 Å². The maximum atomic E-state index is 10.9. The Hall–Kier alpha value is -1.35. The average Bonchev–Trinajstić information content (AvgIpc) is 2.26. The predicted octanol–water partition coefficient (Wildman–Crippen LogP) is 1.77. The van der Waals surface area contributed by atoms with Gasteiger partial charge in [-0.05, 0) is 19.4 Å². The quantitative estimate of drug-likeness (QED) is 0.794. The van der Waals surface area contributed by atoms with Gasteiger partial charge in [-0.3, -0.25) is 4.79 Å². The van der Waals surface area contributed by atoms with Crippen LogP contribution in [0.4, 0.5) is 0 Å². The fourth-order valence-electron chi connectivity index (χ4n) is 1.43. The van der Waals surface area contributed by atoms with Crippen LogP contribution in [0.15, 0.2) is 24.3 Å². The third kappa shape index (κ3) is 3.66. The van der Waals surface area contributed by atoms with Crippen molar-refractivity contribution in [2.75, 3.05) is 6.54 Å². The van der Waals surface area contributed by atoms with E-state index in [1.165, 1.54) is 11.1 Å². The summed E-state index contributed by atoms with van der Waals surface area (Å²) < 4.78 is 0. The second kappa shape index (κ2) is 5.66. The van der Waals surface area contributed by atoms with Crippen LogP contribution in [0, 0.1) is 12.8 Å². The number of carbonyl (C=O) groups is 1. The van der Waals surface area contributed by atoms with E-state index in [-0.39, 0.29) is 17.9 Å². The summed E-state index contributed by atoms with van der Waals surface area (Å²) in [5.41, 5.74) is 7.68. The van der Waals surface area contributed by atoms with Gasteiger partial charge in [-0.1, -0.05) is 36.8 Å². The van der Waals surface area contributed by atoms with E-state index in [9.17, 15) is 4.79 Å². The molecule has 0 aromatic heterocycles. The molecule has 0 aliphatic carbocycles. The zero-order chi connectivity index (χ0) is 12.1. The van der Waals surface area contributed by atoms with Gasteiger partial charge in [-0.25, -0.2) is 0 Å². The van der Waals surface area contributed by atoms with Crippen molar-refractivity contribution in [1.82, 2.24) is 5.32 Å². The minimum atomic E-state index is -0.261. The third-order valence-corrected chi connectivity index (χ3v) is 2.79. The summed E-state index contributed by atoms with van der Waals surface area (Å²) in [4.78, 5) is 10.9. The number of nitrogens with two attached hydrogens (primary N) is 1. The highest BCUT2D eigenvalue weighted by atomic mass is 16.1. The molecule has 3 nitrogen and oxygen atoms in total. The van der Waals surface area contributed by atoms with E-state index < -0.39 is 0 Å². The molecule has 2 atom stereocenters. The van der Waals surface area contributed by atoms with E-state index in [0.29, 0.717) is 6.54 Å². The number of primary amides is 1. The normalized spacial score (nSPS) is 14.4. The van der Waals surface area contributed by atoms with Crippen LogP contribution in [-0.4, -0.2) is 12.5 Å². The molecule has 3 N–H and O–H groups in total. The molecule has 0 saturated heterocycles. The molecule has 2 unspecified atom stereocenters. The van der Waals surface area contributed by atoms with Gasteiger partial charge in [0.15, 0.2) is 0 Å². The predicted molar refractivity (Wildman–Crippen MR) is 66.0 cm³/mol. The molecule has 1 rings (SSSR count). The Balaban J connectivity index is 2.49. The van der Waals surface area contributed by atoms with Gasteiger partial charge in [-0.2, -0.15) is 0 Å². The van der Waals surface area contributed by atoms with Crippen LogP contribution in [0.3, 0.4) is 0 Å². The highest BCUT2D eigenvalue weighted by Crippen LogP contribution is 2.13. The topological polar surface area (TPSA) is 55.1 Å². The lowest BCUT2D eigenvalue weighted by atomic mass is 10.1. The Morgan fingerprint density at radius 1 is 1.31 bits per heavy atom. The zero-order valence-corrected chi connectivity index (χ0v) is 10.2. The number of benzene rings is 1. The minimum Gasteiger partial charge on any atom is -0.369 e. The zero-order valence-electron chi connectivity index (χ0n) is 10.2. The average molecular weight is 220 g/mol. The Bertz CT molecular complexity index is 345. The van der Waals surface area contributed by atoms with Crippen molar-refractivity contribution in [1.29, 1.82) is 0 Å². The van der Waals surface area contributed by atoms with Crippen molar-refractivity contribution in [3.63, 3.8) is 0 Å². The molecule has 1 aromatic carbocycles. The van der Waals surface area contributed by atoms with Gasteiger partial charge in [0.2, 0.25) is 5.91 Å². The largest absolute Gasteiger partial charge is 0.369 e. The smallest absolute Gasteiger partial charge is 0.221 e. The summed E-state index contributed by atoms with van der Waals surface area (Å²) >= 11 is 0. The molecular weight excluding hydrogens is 200 g/mol. The first-order chi connectivity index (χ1) is 7.50. The van der Waals surface area contributed by atoms with Gasteiger partial charge in [-0.15, -0.1) is 0 Å². The fraction of sp³-hybridized carbons (Fsp3) is 0.462. The van der Waals surface area contributed by atoms with E-state index in [1.54, 1.807) is 0 Å². The SMILES string of the molecule is Cc1ccc(C(C)NCC(C)C(N)=O)cc1. The van der Waals surface area contributed by atoms with E-state index in [4.69, 9.17) is 5.73 Å². The molecule has 0 fully saturated rings. The van der Waals surface area contributed by atoms with Crippen molar-refractivity contribution in [3.8, 4) is 0 Å². The molecule has 0 bridgehead atoms. The van der Waals surface area contributed by atoms with E-state index in [2.05, 4.69) is 43.4 Å². The molecule has 0 radical (unpaired) electrons. The summed E-state index contributed by atoms with van der Waals surface area (Å²) in [6.07, 6.45) is 0. The van der Waals surface area contributed by atoms with Crippen LogP contribution in [0.25, 0.3) is 0 Å². The monoisotopic (exact) mass is 220 g/mol. The lowest BCUT2D eigenvalue weighted by Crippen LogP contribution is -2.32. The number of carbonyl (C=O) groups excluding carboxylic acids is 1. The molecule has 0 spiro atoms. The van der Waals surface area contributed by atoms with Crippen LogP contribution in [-0.2, 0) is 4.79 Å². The lowest BCUT2D eigenvalue weighted by molar-refractivity contribution is -0.121. The number of amides is 1. The Kier molecular flexibility index (Phi) is 4.50. The van der Waals surface area contributed by atoms with Crippen molar-refractivity contribution < 1.29 is 4.79 Å². The van der Waals surface area contributed by atoms with Gasteiger partial charge in [0.25, 0.3) is 0 Å². The highest BCUT2D eigenvalue weighted by molar-refractivity contribution is 5.76. The number of nitrogens with one attached hydrogen (secondary N) is 1. The molecule has 0 heterocycles. The number of aryl methyl sites for hydroxylation is 1. The van der Waals surface area contributed by atoms with Crippen LogP contribution < -0.4 is 11.1 Å². The second-order valence-electron chi connectivity index (χ2n) is 4.34. The van der Waals surface area contributed by atoms with E-state index in [1.807, 2.05) is 6.92 Å². The van der Waals surface area contributed by atoms with Gasteiger partial charge in [0.05, 0.1) is 0 Å². The van der Waals surface area contributed by atoms with Crippen molar-refractivity contribution in [2.45, 2.75) is 26.8 Å². The van der Waals surface area contributed by atoms with Crippen molar-refractivity contribution in [3.05, 3.63) is 35.4 Å². The summed E-state index contributed by atoms with van der Waals surface area (Å²) in [5, 5.41) is 3.30. The standard InChI is InChI=1S/C13H20N2O/c1-9-4-6-12(7-5-9)11(3)15-8-10(2)13(14)16/h4-7,10-11,15H,8H2,1-3H3,(H2,14,16). The maximum Gasteiger partial charge on any atom is 0.221 e. The molecule has 16 heavy (non-hydrogen) atoms. The number of hydrogen-bond donors (Lipinski definition) is 2. The first-order valence-corrected chi connectivity index (χ1v) is 5.60. The van der Waals surface area contributed by atoms with Gasteiger partial charge < -0.3 is 11.1 Å². The lowest BCUT2D eigenvalue weighted by Gasteiger charge is -2.16. The first-order valence-electron chi connectivity index (χ1n) is 5.60. The summed E-state index contributed by atoms with van der Waals surface area (Å²) in [7, 11) is 0. The molecule has 1 amide bonds. The second-order valence-corrected chi connectivity index (χ2v) is 4.34. The molecule has 0 aliphatic rings. The van der Waals surface area contributed by atoms with Gasteiger partial charge in [0, 0.05) is 18.5 Å². The maximum absolute atomic E-state index is 10.9. The van der Waals surface area contributed by atoms with Crippen LogP contribution in [0.5, 0.6) is 0 Å². The summed E-state index contributed by atoms with van der Waals surface area (Å²) in [5.74, 6) is -0.392. The van der Waals surface area contributed by atoms with Crippen LogP contribution in [0.1, 0.15) is 31.0 Å². The van der Waals surface area contributed by atoms with E-state index in [0.717, 1.165) is 0 Å². The van der Waals surface area contributed by atoms with Crippen LogP contribution in [0.2, 0.25) is 0 Å². The van der Waals surface area contributed by atoms with Gasteiger partial charge in [0.1, 0.15) is 0 Å². The first kappa shape index (κ1) is 12.7. The molecule has 0 aliphatic heterocycles.